The monoisotopic (exact) mass is 423 g/mol. The predicted molar refractivity (Wildman–Crippen MR) is 114 cm³/mol. The molecule has 0 amide bonds. The van der Waals surface area contributed by atoms with Crippen LogP contribution in [0.5, 0.6) is 5.75 Å². The zero-order chi connectivity index (χ0) is 20.8. The quantitative estimate of drug-likeness (QED) is 0.371. The average Bonchev–Trinajstić information content (AvgIpc) is 2.72. The molecule has 0 saturated heterocycles. The van der Waals surface area contributed by atoms with Crippen LogP contribution in [0, 0.1) is 11.3 Å². The molecular formula is C23H15Cl2NO3. The van der Waals surface area contributed by atoms with Crippen LogP contribution in [0.15, 0.2) is 66.7 Å². The second kappa shape index (κ2) is 9.29. The molecule has 29 heavy (non-hydrogen) atoms. The Bertz CT molecular complexity index is 1120. The zero-order valence-corrected chi connectivity index (χ0v) is 16.6. The fraction of sp³-hybridized carbons (Fsp3) is 0.0435. The lowest BCUT2D eigenvalue weighted by Gasteiger charge is -2.11. The summed E-state index contributed by atoms with van der Waals surface area (Å²) in [5.74, 6) is -0.424. The molecule has 0 aliphatic heterocycles. The van der Waals surface area contributed by atoms with E-state index in [2.05, 4.69) is 6.07 Å². The number of nitriles is 1. The van der Waals surface area contributed by atoms with Crippen LogP contribution in [0.25, 0.3) is 11.6 Å². The van der Waals surface area contributed by atoms with Crippen molar-refractivity contribution in [3.8, 4) is 11.8 Å². The van der Waals surface area contributed by atoms with Crippen molar-refractivity contribution in [2.24, 2.45) is 0 Å². The molecule has 0 unspecified atom stereocenters. The Kier molecular flexibility index (Phi) is 6.56. The number of carbonyl (C=O) groups is 1. The standard InChI is InChI=1S/C23H15Cl2NO3/c24-20-10-9-18(21(25)12-20)14-29-22-4-2-1-3-17(22)11-19(13-26)15-5-7-16(8-6-15)23(27)28/h1-12H,14H2,(H,27,28). The van der Waals surface area contributed by atoms with E-state index in [0.717, 1.165) is 11.1 Å². The Hall–Kier alpha value is -3.26. The highest BCUT2D eigenvalue weighted by Gasteiger charge is 2.09. The number of benzene rings is 3. The first kappa shape index (κ1) is 20.5. The number of nitrogens with zero attached hydrogens (tertiary/aromatic N) is 1. The zero-order valence-electron chi connectivity index (χ0n) is 15.1. The van der Waals surface area contributed by atoms with Gasteiger partial charge in [0.15, 0.2) is 0 Å². The topological polar surface area (TPSA) is 70.3 Å². The first-order valence-electron chi connectivity index (χ1n) is 8.59. The minimum Gasteiger partial charge on any atom is -0.488 e. The summed E-state index contributed by atoms with van der Waals surface area (Å²) >= 11 is 12.1. The van der Waals surface area contributed by atoms with Crippen molar-refractivity contribution in [3.63, 3.8) is 0 Å². The number of ether oxygens (including phenoxy) is 1. The van der Waals surface area contributed by atoms with Gasteiger partial charge in [0.2, 0.25) is 0 Å². The maximum Gasteiger partial charge on any atom is 0.335 e. The molecule has 0 saturated carbocycles. The van der Waals surface area contributed by atoms with Crippen LogP contribution in [0.1, 0.15) is 27.0 Å². The van der Waals surface area contributed by atoms with Gasteiger partial charge < -0.3 is 9.84 Å². The second-order valence-corrected chi connectivity index (χ2v) is 6.96. The summed E-state index contributed by atoms with van der Waals surface area (Å²) < 4.78 is 5.92. The summed E-state index contributed by atoms with van der Waals surface area (Å²) in [4.78, 5) is 11.0. The fourth-order valence-electron chi connectivity index (χ4n) is 2.65. The molecule has 0 atom stereocenters. The maximum absolute atomic E-state index is 11.0. The number of rotatable bonds is 6. The first-order valence-corrected chi connectivity index (χ1v) is 9.35. The number of hydrogen-bond donors (Lipinski definition) is 1. The molecule has 1 N–H and O–H groups in total. The van der Waals surface area contributed by atoms with Crippen LogP contribution in [-0.4, -0.2) is 11.1 Å². The average molecular weight is 424 g/mol. The fourth-order valence-corrected chi connectivity index (χ4v) is 3.12. The van der Waals surface area contributed by atoms with Crippen LogP contribution >= 0.6 is 23.2 Å². The number of allylic oxidation sites excluding steroid dienone is 1. The molecule has 4 nitrogen and oxygen atoms in total. The molecule has 0 aliphatic carbocycles. The van der Waals surface area contributed by atoms with Gasteiger partial charge in [0, 0.05) is 21.2 Å². The smallest absolute Gasteiger partial charge is 0.335 e. The third-order valence-electron chi connectivity index (χ3n) is 4.18. The van der Waals surface area contributed by atoms with Gasteiger partial charge in [-0.05, 0) is 42.0 Å². The van der Waals surface area contributed by atoms with Crippen LogP contribution in [-0.2, 0) is 6.61 Å². The van der Waals surface area contributed by atoms with Crippen LogP contribution in [0.3, 0.4) is 0 Å². The number of halogens is 2. The molecule has 0 aliphatic rings. The number of para-hydroxylation sites is 1. The van der Waals surface area contributed by atoms with E-state index in [1.54, 1.807) is 42.5 Å². The Labute approximate surface area is 178 Å². The third kappa shape index (κ3) is 5.17. The van der Waals surface area contributed by atoms with E-state index in [-0.39, 0.29) is 12.2 Å². The molecular weight excluding hydrogens is 409 g/mol. The molecule has 3 aromatic rings. The highest BCUT2D eigenvalue weighted by Crippen LogP contribution is 2.27. The van der Waals surface area contributed by atoms with Crippen molar-refractivity contribution in [3.05, 3.63) is 99.0 Å². The number of carboxylic acids is 1. The normalized spacial score (nSPS) is 11.0. The van der Waals surface area contributed by atoms with Gasteiger partial charge in [0.25, 0.3) is 0 Å². The van der Waals surface area contributed by atoms with E-state index in [0.29, 0.717) is 26.9 Å². The van der Waals surface area contributed by atoms with Gasteiger partial charge in [-0.3, -0.25) is 0 Å². The SMILES string of the molecule is N#CC(=Cc1ccccc1OCc1ccc(Cl)cc1Cl)c1ccc(C(=O)O)cc1. The highest BCUT2D eigenvalue weighted by molar-refractivity contribution is 6.35. The molecule has 144 valence electrons. The highest BCUT2D eigenvalue weighted by atomic mass is 35.5. The molecule has 0 heterocycles. The van der Waals surface area contributed by atoms with Crippen LogP contribution in [0.4, 0.5) is 0 Å². The van der Waals surface area contributed by atoms with E-state index >= 15 is 0 Å². The number of carboxylic acid groups (broad SMARTS) is 1. The van der Waals surface area contributed by atoms with Crippen molar-refractivity contribution in [1.29, 1.82) is 5.26 Å². The first-order chi connectivity index (χ1) is 14.0. The van der Waals surface area contributed by atoms with Gasteiger partial charge in [-0.25, -0.2) is 4.79 Å². The lowest BCUT2D eigenvalue weighted by molar-refractivity contribution is 0.0697. The summed E-state index contributed by atoms with van der Waals surface area (Å²) in [5.41, 5.74) is 2.68. The molecule has 0 aromatic heterocycles. The molecule has 6 heteroatoms. The minimum atomic E-state index is -1.02. The van der Waals surface area contributed by atoms with Crippen molar-refractivity contribution >= 4 is 40.8 Å². The van der Waals surface area contributed by atoms with Crippen molar-refractivity contribution in [1.82, 2.24) is 0 Å². The van der Waals surface area contributed by atoms with Crippen LogP contribution < -0.4 is 4.74 Å². The second-order valence-electron chi connectivity index (χ2n) is 6.11. The van der Waals surface area contributed by atoms with Crippen molar-refractivity contribution in [2.45, 2.75) is 6.61 Å². The molecule has 0 fully saturated rings. The Morgan fingerprint density at radius 2 is 1.72 bits per heavy atom. The summed E-state index contributed by atoms with van der Waals surface area (Å²) in [7, 11) is 0. The van der Waals surface area contributed by atoms with Gasteiger partial charge >= 0.3 is 5.97 Å². The van der Waals surface area contributed by atoms with Gasteiger partial charge in [-0.1, -0.05) is 59.6 Å². The van der Waals surface area contributed by atoms with Gasteiger partial charge in [-0.15, -0.1) is 0 Å². The summed E-state index contributed by atoms with van der Waals surface area (Å²) in [6.07, 6.45) is 1.70. The van der Waals surface area contributed by atoms with Gasteiger partial charge in [-0.2, -0.15) is 5.26 Å². The maximum atomic E-state index is 11.0. The molecule has 3 rings (SSSR count). The van der Waals surface area contributed by atoms with E-state index in [1.807, 2.05) is 18.2 Å². The molecule has 0 spiro atoms. The van der Waals surface area contributed by atoms with Gasteiger partial charge in [0.05, 0.1) is 17.2 Å². The third-order valence-corrected chi connectivity index (χ3v) is 4.77. The van der Waals surface area contributed by atoms with E-state index < -0.39 is 5.97 Å². The predicted octanol–water partition coefficient (Wildman–Crippen LogP) is 6.33. The summed E-state index contributed by atoms with van der Waals surface area (Å²) in [5, 5.41) is 19.7. The largest absolute Gasteiger partial charge is 0.488 e. The Morgan fingerprint density at radius 1 is 1.03 bits per heavy atom. The Balaban J connectivity index is 1.86. The van der Waals surface area contributed by atoms with E-state index in [9.17, 15) is 10.1 Å². The number of aromatic carboxylic acids is 1. The molecule has 0 bridgehead atoms. The Morgan fingerprint density at radius 3 is 2.38 bits per heavy atom. The van der Waals surface area contributed by atoms with Gasteiger partial charge in [0.1, 0.15) is 12.4 Å². The van der Waals surface area contributed by atoms with E-state index in [4.69, 9.17) is 33.0 Å². The van der Waals surface area contributed by atoms with E-state index in [1.165, 1.54) is 12.1 Å². The molecule has 0 radical (unpaired) electrons. The lowest BCUT2D eigenvalue weighted by Crippen LogP contribution is -1.98. The number of hydrogen-bond acceptors (Lipinski definition) is 3. The lowest BCUT2D eigenvalue weighted by atomic mass is 10.0. The summed E-state index contributed by atoms with van der Waals surface area (Å²) in [6, 6.07) is 20.8. The molecule has 3 aromatic carbocycles. The minimum absolute atomic E-state index is 0.162. The van der Waals surface area contributed by atoms with Crippen molar-refractivity contribution < 1.29 is 14.6 Å². The van der Waals surface area contributed by atoms with Crippen molar-refractivity contribution in [2.75, 3.05) is 0 Å². The van der Waals surface area contributed by atoms with Crippen LogP contribution in [0.2, 0.25) is 10.0 Å². The summed E-state index contributed by atoms with van der Waals surface area (Å²) in [6.45, 7) is 0.246.